The average molecular weight is 833 g/mol. The van der Waals surface area contributed by atoms with E-state index in [1.165, 1.54) is 64.2 Å². The first-order valence-electron chi connectivity index (χ1n) is 19.5. The number of nitrogens with one attached hydrogen (secondary N) is 1. The summed E-state index contributed by atoms with van der Waals surface area (Å²) in [6.07, 6.45) is 3.51. The maximum absolute atomic E-state index is 14.4. The smallest absolute Gasteiger partial charge is 0.872 e. The van der Waals surface area contributed by atoms with Crippen LogP contribution in [0, 0.1) is 30.6 Å². The molecule has 0 saturated heterocycles. The molecule has 59 heavy (non-hydrogen) atoms. The van der Waals surface area contributed by atoms with E-state index in [1.54, 1.807) is 53.7 Å². The number of allylic oxidation sites excluding steroid dienone is 2. The zero-order chi connectivity index (χ0) is 43.4. The molecule has 5 rings (SSSR count). The third-order valence-corrected chi connectivity index (χ3v) is 11.3. The Hall–Kier alpha value is -4.12. The number of anilines is 1. The van der Waals surface area contributed by atoms with Crippen molar-refractivity contribution in [1.82, 2.24) is 4.90 Å². The van der Waals surface area contributed by atoms with Gasteiger partial charge in [-0.1, -0.05) is 51.7 Å². The zero-order valence-electron chi connectivity index (χ0n) is 36.1. The van der Waals surface area contributed by atoms with Gasteiger partial charge in [0, 0.05) is 80.1 Å². The minimum atomic E-state index is -2.05. The van der Waals surface area contributed by atoms with E-state index in [2.05, 4.69) is 5.32 Å². The monoisotopic (exact) mass is 832 g/mol. The van der Waals surface area contributed by atoms with Gasteiger partial charge in [-0.3, -0.25) is 19.2 Å². The number of carbonyl (C=O) groups excluding carboxylic acids is 4. The predicted molar refractivity (Wildman–Crippen MR) is 213 cm³/mol. The van der Waals surface area contributed by atoms with Gasteiger partial charge in [-0.15, -0.1) is 0 Å². The van der Waals surface area contributed by atoms with Crippen LogP contribution in [0.15, 0.2) is 42.2 Å². The van der Waals surface area contributed by atoms with Crippen LogP contribution in [-0.2, 0) is 28.6 Å². The van der Waals surface area contributed by atoms with Crippen LogP contribution >= 0.6 is 0 Å². The van der Waals surface area contributed by atoms with Crippen LogP contribution in [-0.4, -0.2) is 101 Å². The van der Waals surface area contributed by atoms with E-state index in [0.717, 1.165) is 0 Å². The maximum atomic E-state index is 14.4. The second kappa shape index (κ2) is 20.4. The number of nitrogens with zero attached hydrogens (tertiary/aromatic N) is 1. The van der Waals surface area contributed by atoms with Crippen molar-refractivity contribution in [2.24, 2.45) is 23.7 Å². The molecule has 2 aromatic carbocycles. The van der Waals surface area contributed by atoms with Gasteiger partial charge in [0.2, 0.25) is 0 Å². The molecule has 3 aliphatic rings. The maximum Gasteiger partial charge on any atom is 1.00 e. The van der Waals surface area contributed by atoms with E-state index in [1.807, 2.05) is 0 Å². The molecule has 5 bridgehead atoms. The molecule has 2 aromatic rings. The number of esters is 1. The number of hydrogen-bond acceptors (Lipinski definition) is 13. The summed E-state index contributed by atoms with van der Waals surface area (Å²) < 4.78 is 29.6. The van der Waals surface area contributed by atoms with Gasteiger partial charge in [0.05, 0.1) is 35.8 Å². The summed E-state index contributed by atoms with van der Waals surface area (Å²) in [7, 11) is 1.43. The van der Waals surface area contributed by atoms with Crippen LogP contribution in [0.2, 0.25) is 0 Å². The van der Waals surface area contributed by atoms with Crippen LogP contribution < -0.4 is 49.5 Å². The Morgan fingerprint density at radius 3 is 2.24 bits per heavy atom. The molecule has 3 aliphatic heterocycles. The van der Waals surface area contributed by atoms with Crippen molar-refractivity contribution >= 4 is 40.0 Å². The van der Waals surface area contributed by atoms with E-state index in [9.17, 15) is 39.6 Å². The summed E-state index contributed by atoms with van der Waals surface area (Å²) in [5.41, 5.74) is -0.215. The number of aliphatic hydroxyl groups is 2. The molecule has 0 aromatic heterocycles. The number of Topliss-reactive ketones (excluding diaryl/α,β-unsaturated/α-hetero) is 1. The van der Waals surface area contributed by atoms with E-state index in [-0.39, 0.29) is 80.1 Å². The Morgan fingerprint density at radius 1 is 1.00 bits per heavy atom. The number of phenols is 1. The van der Waals surface area contributed by atoms with Crippen LogP contribution in [0.1, 0.15) is 78.2 Å². The number of hydrogen-bond donors (Lipinski definition) is 4. The largest absolute Gasteiger partial charge is 1.00 e. The first-order chi connectivity index (χ1) is 27.2. The Morgan fingerprint density at radius 2 is 1.64 bits per heavy atom. The molecule has 9 unspecified atom stereocenters. The molecule has 0 saturated carbocycles. The molecule has 2 amide bonds. The fourth-order valence-corrected chi connectivity index (χ4v) is 7.54. The van der Waals surface area contributed by atoms with Gasteiger partial charge >= 0.3 is 41.3 Å². The number of phenolic OH excluding ortho intramolecular Hbond substituents is 1. The first-order valence-corrected chi connectivity index (χ1v) is 19.5. The minimum absolute atomic E-state index is 0. The number of benzene rings is 2. The van der Waals surface area contributed by atoms with E-state index in [0.29, 0.717) is 13.1 Å². The zero-order valence-corrected chi connectivity index (χ0v) is 38.1. The summed E-state index contributed by atoms with van der Waals surface area (Å²) in [5.74, 6) is -8.55. The van der Waals surface area contributed by atoms with Crippen molar-refractivity contribution in [3.63, 3.8) is 0 Å². The van der Waals surface area contributed by atoms with Crippen molar-refractivity contribution in [1.29, 1.82) is 0 Å². The molecule has 318 valence electrons. The summed E-state index contributed by atoms with van der Waals surface area (Å²) in [6, 6.07) is 1.24. The number of likely N-dealkylation sites (N-methyl/N-ethyl adjacent to an activating group) is 1. The second-order valence-corrected chi connectivity index (χ2v) is 15.2. The molecular weight excluding hydrogens is 775 g/mol. The molecule has 0 aliphatic carbocycles. The summed E-state index contributed by atoms with van der Waals surface area (Å²) in [5, 5.41) is 50.6. The number of fused-ring (bicyclic) bond motifs is 14. The van der Waals surface area contributed by atoms with Crippen molar-refractivity contribution in [3.05, 3.63) is 53.3 Å². The van der Waals surface area contributed by atoms with E-state index >= 15 is 0 Å². The molecule has 4 N–H and O–H groups in total. The van der Waals surface area contributed by atoms with Gasteiger partial charge in [-0.05, 0) is 39.3 Å². The van der Waals surface area contributed by atoms with Crippen molar-refractivity contribution < 1.29 is 92.8 Å². The van der Waals surface area contributed by atoms with Gasteiger partial charge in [0.1, 0.15) is 23.4 Å². The molecule has 0 fully saturated rings. The molecule has 0 spiro atoms. The number of ketones is 1. The van der Waals surface area contributed by atoms with E-state index in [4.69, 9.17) is 23.7 Å². The minimum Gasteiger partial charge on any atom is -0.872 e. The molecular formula is C43H57N2NaO13. The van der Waals surface area contributed by atoms with Crippen LogP contribution in [0.4, 0.5) is 5.69 Å². The third kappa shape index (κ3) is 10.3. The van der Waals surface area contributed by atoms with E-state index < -0.39 is 89.6 Å². The average Bonchev–Trinajstić information content (AvgIpc) is 3.45. The molecule has 16 heteroatoms. The van der Waals surface area contributed by atoms with Crippen molar-refractivity contribution in [2.75, 3.05) is 32.1 Å². The standard InChI is InChI=1S/C43H58N2O13.Na/c1-12-45(13-2)31(47)20-55-30-19-28-38(51)33-32(30)34-40(26(8)37(33)50)58-43(10,41(34)52)56-18-17-29(54-11)23(5)39(57-27(9)46)25(7)36(49)24(6)35(48)21(3)15-14-16-22(4)42(53)44-28;/h14-19,21,23-25,29,35-36,39,48-51H,12-13,20H2,1-11H3,(H,44,53);/q;+1/p-1/b15-14+,18-17+,22-16-;. The topological polar surface area (TPSA) is 213 Å². The van der Waals surface area contributed by atoms with Gasteiger partial charge in [0.15, 0.2) is 6.61 Å². The normalized spacial score (nSPS) is 29.6. The van der Waals surface area contributed by atoms with Gasteiger partial charge < -0.3 is 54.3 Å². The molecule has 15 nitrogen and oxygen atoms in total. The molecule has 3 heterocycles. The Bertz CT molecular complexity index is 1990. The third-order valence-electron chi connectivity index (χ3n) is 11.3. The summed E-state index contributed by atoms with van der Waals surface area (Å²) >= 11 is 0. The number of methoxy groups -OCH3 is 1. The number of aromatic hydroxyl groups is 1. The molecule has 0 radical (unpaired) electrons. The first kappa shape index (κ1) is 49.2. The molecule has 9 atom stereocenters. The quantitative estimate of drug-likeness (QED) is 0.178. The summed E-state index contributed by atoms with van der Waals surface area (Å²) in [6.45, 7) is 16.3. The second-order valence-electron chi connectivity index (χ2n) is 15.2. The number of aliphatic hydroxyl groups excluding tert-OH is 2. The van der Waals surface area contributed by atoms with Gasteiger partial charge in [0.25, 0.3) is 17.6 Å². The number of amides is 2. The SMILES string of the molecule is CCN(CC)C(=O)COc1cc2c(O)c3c([O-])c(C)c4c(c13)C(=O)C(C)(O/C=C/C(OC)C(C)C(OC(C)=O)C(C)C(O)C(C)C(O)C(C)/C=C/C=C(/C)C(=O)N2)O4.[Na+]. The van der Waals surface area contributed by atoms with Crippen molar-refractivity contribution in [3.8, 4) is 23.0 Å². The van der Waals surface area contributed by atoms with Crippen molar-refractivity contribution in [2.45, 2.75) is 99.4 Å². The number of rotatable bonds is 7. The van der Waals surface area contributed by atoms with Gasteiger partial charge in [-0.2, -0.15) is 0 Å². The number of ether oxygens (including phenoxy) is 5. The fourth-order valence-electron chi connectivity index (χ4n) is 7.54. The Balaban J connectivity index is 0.00000930. The summed E-state index contributed by atoms with van der Waals surface area (Å²) in [4.78, 5) is 54.9. The van der Waals surface area contributed by atoms with Crippen LogP contribution in [0.3, 0.4) is 0 Å². The van der Waals surface area contributed by atoms with Crippen LogP contribution in [0.25, 0.3) is 10.8 Å². The Kier molecular flexibility index (Phi) is 17.1. The number of carbonyl (C=O) groups is 4. The van der Waals surface area contributed by atoms with Crippen LogP contribution in [0.5, 0.6) is 23.0 Å². The fraction of sp³-hybridized carbons (Fsp3) is 0.535. The predicted octanol–water partition coefficient (Wildman–Crippen LogP) is 1.67. The Labute approximate surface area is 367 Å². The van der Waals surface area contributed by atoms with Gasteiger partial charge in [-0.25, -0.2) is 0 Å².